The van der Waals surface area contributed by atoms with Crippen molar-refractivity contribution in [1.29, 1.82) is 0 Å². The van der Waals surface area contributed by atoms with Crippen molar-refractivity contribution in [1.82, 2.24) is 14.5 Å². The maximum Gasteiger partial charge on any atom is 0.244 e. The Morgan fingerprint density at radius 2 is 1.75 bits per heavy atom. The molecular formula is C21H21FN4O2. The molecule has 3 aromatic rings. The normalized spacial score (nSPS) is 13.8. The Kier molecular flexibility index (Phi) is 5.06. The molecule has 0 unspecified atom stereocenters. The van der Waals surface area contributed by atoms with Gasteiger partial charge in [-0.2, -0.15) is 0 Å². The van der Waals surface area contributed by atoms with Crippen LogP contribution in [-0.4, -0.2) is 39.4 Å². The third kappa shape index (κ3) is 3.74. The summed E-state index contributed by atoms with van der Waals surface area (Å²) in [6.07, 6.45) is 2.18. The molecule has 0 bridgehead atoms. The van der Waals surface area contributed by atoms with Gasteiger partial charge in [-0.1, -0.05) is 24.3 Å². The number of nitrogens with one attached hydrogen (secondary N) is 1. The van der Waals surface area contributed by atoms with Crippen LogP contribution in [0.15, 0.2) is 48.5 Å². The first-order chi connectivity index (χ1) is 13.6. The number of nitrogens with zero attached hydrogens (tertiary/aromatic N) is 3. The molecule has 28 heavy (non-hydrogen) atoms. The average Bonchev–Trinajstić information content (AvgIpc) is 3.33. The number of anilines is 1. The summed E-state index contributed by atoms with van der Waals surface area (Å²) in [5.74, 6) is -0.302. The molecule has 0 saturated carbocycles. The van der Waals surface area contributed by atoms with Gasteiger partial charge in [0.1, 0.15) is 18.2 Å². The van der Waals surface area contributed by atoms with E-state index in [1.54, 1.807) is 16.7 Å². The van der Waals surface area contributed by atoms with Crippen molar-refractivity contribution in [2.45, 2.75) is 25.8 Å². The molecule has 7 heteroatoms. The molecule has 0 aliphatic carbocycles. The van der Waals surface area contributed by atoms with Gasteiger partial charge in [-0.05, 0) is 37.1 Å². The lowest BCUT2D eigenvalue weighted by Gasteiger charge is -2.16. The molecule has 1 aromatic heterocycles. The molecule has 1 N–H and O–H groups in total. The number of imidazole rings is 1. The number of para-hydroxylation sites is 3. The molecule has 6 nitrogen and oxygen atoms in total. The van der Waals surface area contributed by atoms with E-state index in [9.17, 15) is 14.0 Å². The van der Waals surface area contributed by atoms with Crippen LogP contribution in [0.3, 0.4) is 0 Å². The van der Waals surface area contributed by atoms with Crippen LogP contribution in [0.5, 0.6) is 0 Å². The topological polar surface area (TPSA) is 67.2 Å². The lowest BCUT2D eigenvalue weighted by molar-refractivity contribution is -0.129. The molecule has 144 valence electrons. The van der Waals surface area contributed by atoms with E-state index in [4.69, 9.17) is 0 Å². The highest BCUT2D eigenvalue weighted by Crippen LogP contribution is 2.19. The zero-order chi connectivity index (χ0) is 19.5. The van der Waals surface area contributed by atoms with Gasteiger partial charge >= 0.3 is 0 Å². The van der Waals surface area contributed by atoms with E-state index in [-0.39, 0.29) is 30.5 Å². The second kappa shape index (κ2) is 7.80. The van der Waals surface area contributed by atoms with Crippen LogP contribution in [-0.2, 0) is 22.6 Å². The zero-order valence-electron chi connectivity index (χ0n) is 15.4. The molecule has 1 fully saturated rings. The highest BCUT2D eigenvalue weighted by molar-refractivity contribution is 5.92. The molecule has 0 spiro atoms. The number of aromatic nitrogens is 2. The van der Waals surface area contributed by atoms with E-state index < -0.39 is 5.82 Å². The van der Waals surface area contributed by atoms with Gasteiger partial charge in [-0.3, -0.25) is 9.59 Å². The maximum atomic E-state index is 13.8. The SMILES string of the molecule is O=C(Cn1c(CC(=O)N2CCCC2)nc2ccccc21)Nc1ccccc1F. The minimum absolute atomic E-state index is 0.0172. The van der Waals surface area contributed by atoms with Crippen molar-refractivity contribution in [3.8, 4) is 0 Å². The van der Waals surface area contributed by atoms with E-state index in [0.717, 1.165) is 37.0 Å². The summed E-state index contributed by atoms with van der Waals surface area (Å²) in [4.78, 5) is 31.5. The van der Waals surface area contributed by atoms with Gasteiger partial charge in [0.15, 0.2) is 0 Å². The quantitative estimate of drug-likeness (QED) is 0.740. The van der Waals surface area contributed by atoms with Crippen molar-refractivity contribution >= 4 is 28.5 Å². The summed E-state index contributed by atoms with van der Waals surface area (Å²) in [5, 5.41) is 2.59. The number of hydrogen-bond acceptors (Lipinski definition) is 3. The average molecular weight is 380 g/mol. The van der Waals surface area contributed by atoms with E-state index in [2.05, 4.69) is 10.3 Å². The van der Waals surface area contributed by atoms with Crippen LogP contribution in [0.25, 0.3) is 11.0 Å². The van der Waals surface area contributed by atoms with E-state index in [1.807, 2.05) is 29.2 Å². The summed E-state index contributed by atoms with van der Waals surface area (Å²) in [7, 11) is 0. The molecule has 1 saturated heterocycles. The van der Waals surface area contributed by atoms with Gasteiger partial charge in [0.05, 0.1) is 23.1 Å². The van der Waals surface area contributed by atoms with Crippen molar-refractivity contribution in [2.75, 3.05) is 18.4 Å². The summed E-state index contributed by atoms with van der Waals surface area (Å²) < 4.78 is 15.6. The fourth-order valence-corrected chi connectivity index (χ4v) is 3.55. The number of hydrogen-bond donors (Lipinski definition) is 1. The minimum Gasteiger partial charge on any atom is -0.342 e. The summed E-state index contributed by atoms with van der Waals surface area (Å²) in [6, 6.07) is 13.5. The van der Waals surface area contributed by atoms with Gasteiger partial charge in [0.25, 0.3) is 0 Å². The van der Waals surface area contributed by atoms with E-state index in [0.29, 0.717) is 5.82 Å². The minimum atomic E-state index is -0.490. The molecule has 2 amide bonds. The Bertz CT molecular complexity index is 1020. The number of halogens is 1. The first-order valence-electron chi connectivity index (χ1n) is 9.38. The number of amides is 2. The number of rotatable bonds is 5. The third-order valence-electron chi connectivity index (χ3n) is 4.95. The van der Waals surface area contributed by atoms with Crippen molar-refractivity contribution in [3.05, 3.63) is 60.2 Å². The molecule has 1 aliphatic rings. The summed E-state index contributed by atoms with van der Waals surface area (Å²) in [6.45, 7) is 1.50. The van der Waals surface area contributed by atoms with E-state index >= 15 is 0 Å². The number of benzene rings is 2. The summed E-state index contributed by atoms with van der Waals surface area (Å²) >= 11 is 0. The number of carbonyl (C=O) groups is 2. The molecule has 0 radical (unpaired) electrons. The third-order valence-corrected chi connectivity index (χ3v) is 4.95. The second-order valence-electron chi connectivity index (χ2n) is 6.90. The second-order valence-corrected chi connectivity index (χ2v) is 6.90. The molecular weight excluding hydrogens is 359 g/mol. The van der Waals surface area contributed by atoms with Gasteiger partial charge in [0.2, 0.25) is 11.8 Å². The smallest absolute Gasteiger partial charge is 0.244 e. The Morgan fingerprint density at radius 3 is 2.54 bits per heavy atom. The molecule has 2 aromatic carbocycles. The number of carbonyl (C=O) groups excluding carboxylic acids is 2. The van der Waals surface area contributed by atoms with Crippen LogP contribution >= 0.6 is 0 Å². The number of likely N-dealkylation sites (tertiary alicyclic amines) is 1. The fourth-order valence-electron chi connectivity index (χ4n) is 3.55. The van der Waals surface area contributed by atoms with Crippen LogP contribution in [0.2, 0.25) is 0 Å². The number of fused-ring (bicyclic) bond motifs is 1. The fraction of sp³-hybridized carbons (Fsp3) is 0.286. The monoisotopic (exact) mass is 380 g/mol. The van der Waals surface area contributed by atoms with Crippen molar-refractivity contribution in [3.63, 3.8) is 0 Å². The van der Waals surface area contributed by atoms with E-state index in [1.165, 1.54) is 12.1 Å². The van der Waals surface area contributed by atoms with Crippen LogP contribution in [0.1, 0.15) is 18.7 Å². The van der Waals surface area contributed by atoms with Gasteiger partial charge in [-0.15, -0.1) is 0 Å². The van der Waals surface area contributed by atoms with Crippen LogP contribution in [0, 0.1) is 5.82 Å². The lowest BCUT2D eigenvalue weighted by Crippen LogP contribution is -2.30. The first-order valence-corrected chi connectivity index (χ1v) is 9.38. The van der Waals surface area contributed by atoms with Gasteiger partial charge in [-0.25, -0.2) is 9.37 Å². The van der Waals surface area contributed by atoms with Gasteiger partial charge in [0, 0.05) is 13.1 Å². The Balaban J connectivity index is 1.58. The zero-order valence-corrected chi connectivity index (χ0v) is 15.4. The van der Waals surface area contributed by atoms with Crippen molar-refractivity contribution in [2.24, 2.45) is 0 Å². The highest BCUT2D eigenvalue weighted by atomic mass is 19.1. The van der Waals surface area contributed by atoms with Crippen molar-refractivity contribution < 1.29 is 14.0 Å². The predicted molar refractivity (Wildman–Crippen MR) is 104 cm³/mol. The lowest BCUT2D eigenvalue weighted by atomic mass is 10.3. The standard InChI is InChI=1S/C21H21FN4O2/c22-15-7-1-2-8-16(15)24-20(27)14-26-18-10-4-3-9-17(18)23-19(26)13-21(28)25-11-5-6-12-25/h1-4,7-10H,5-6,11-14H2,(H,24,27). The van der Waals surface area contributed by atoms with Crippen LogP contribution in [0.4, 0.5) is 10.1 Å². The summed E-state index contributed by atoms with van der Waals surface area (Å²) in [5.41, 5.74) is 1.63. The predicted octanol–water partition coefficient (Wildman–Crippen LogP) is 2.98. The maximum absolute atomic E-state index is 13.8. The highest BCUT2D eigenvalue weighted by Gasteiger charge is 2.22. The molecule has 2 heterocycles. The Labute approximate surface area is 162 Å². The Morgan fingerprint density at radius 1 is 1.04 bits per heavy atom. The van der Waals surface area contributed by atoms with Crippen LogP contribution < -0.4 is 5.32 Å². The molecule has 0 atom stereocenters. The Hall–Kier alpha value is -3.22. The largest absolute Gasteiger partial charge is 0.342 e. The first kappa shape index (κ1) is 18.2. The van der Waals surface area contributed by atoms with Gasteiger partial charge < -0.3 is 14.8 Å². The molecule has 1 aliphatic heterocycles. The molecule has 4 rings (SSSR count).